The highest BCUT2D eigenvalue weighted by atomic mass is 16.3. The van der Waals surface area contributed by atoms with Gasteiger partial charge in [0, 0.05) is 44.2 Å². The number of benzene rings is 10. The van der Waals surface area contributed by atoms with E-state index in [1.807, 2.05) is 6.07 Å². The molecule has 0 N–H and O–H groups in total. The molecule has 0 fully saturated rings. The van der Waals surface area contributed by atoms with Crippen LogP contribution in [0.4, 0.5) is 17.1 Å². The molecule has 0 atom stereocenters. The fraction of sp³-hybridized carbons (Fsp3) is 0.121. The number of rotatable bonds is 7. The number of furan rings is 1. The van der Waals surface area contributed by atoms with Gasteiger partial charge in [-0.2, -0.15) is 0 Å². The van der Waals surface area contributed by atoms with Crippen LogP contribution in [0.2, 0.25) is 0 Å². The zero-order chi connectivity index (χ0) is 47.0. The fourth-order valence-corrected chi connectivity index (χ4v) is 10.5. The summed E-state index contributed by atoms with van der Waals surface area (Å²) in [5.41, 5.74) is 18.2. The predicted molar refractivity (Wildman–Crippen MR) is 294 cm³/mol. The average Bonchev–Trinajstić information content (AvgIpc) is 3.92. The van der Waals surface area contributed by atoms with Crippen LogP contribution in [0.3, 0.4) is 0 Å². The molecule has 334 valence electrons. The van der Waals surface area contributed by atoms with E-state index in [1.54, 1.807) is 0 Å². The van der Waals surface area contributed by atoms with Crippen LogP contribution in [-0.4, -0.2) is 4.57 Å². The molecule has 0 saturated heterocycles. The molecular formula is C66H54N2O. The maximum absolute atomic E-state index is 6.34. The lowest BCUT2D eigenvalue weighted by Crippen LogP contribution is -2.16. The van der Waals surface area contributed by atoms with Crippen molar-refractivity contribution in [3.8, 4) is 39.1 Å². The minimum absolute atomic E-state index is 0.0157. The summed E-state index contributed by atoms with van der Waals surface area (Å²) in [7, 11) is 0. The number of para-hydroxylation sites is 4. The molecule has 0 aliphatic heterocycles. The normalized spacial score (nSPS) is 12.2. The van der Waals surface area contributed by atoms with Crippen molar-refractivity contribution in [1.82, 2.24) is 4.57 Å². The minimum atomic E-state index is -0.0157. The Balaban J connectivity index is 1.10. The van der Waals surface area contributed by atoms with E-state index in [1.165, 1.54) is 54.9 Å². The van der Waals surface area contributed by atoms with E-state index in [4.69, 9.17) is 4.42 Å². The summed E-state index contributed by atoms with van der Waals surface area (Å²) in [5.74, 6) is 0. The molecule has 0 unspecified atom stereocenters. The van der Waals surface area contributed by atoms with Crippen LogP contribution in [0.15, 0.2) is 223 Å². The maximum Gasteiger partial charge on any atom is 0.136 e. The van der Waals surface area contributed by atoms with Gasteiger partial charge in [-0.05, 0) is 121 Å². The second-order valence-corrected chi connectivity index (χ2v) is 20.6. The molecule has 0 aliphatic rings. The largest absolute Gasteiger partial charge is 0.456 e. The average molecular weight is 891 g/mol. The fourth-order valence-electron chi connectivity index (χ4n) is 10.5. The van der Waals surface area contributed by atoms with Crippen molar-refractivity contribution >= 4 is 71.6 Å². The highest BCUT2D eigenvalue weighted by Gasteiger charge is 2.25. The lowest BCUT2D eigenvalue weighted by Gasteiger charge is -2.29. The van der Waals surface area contributed by atoms with Gasteiger partial charge in [0.25, 0.3) is 0 Å². The molecule has 0 radical (unpaired) electrons. The molecule has 0 spiro atoms. The Morgan fingerprint density at radius 2 is 0.942 bits per heavy atom. The first-order chi connectivity index (χ1) is 33.5. The van der Waals surface area contributed by atoms with Gasteiger partial charge in [0.05, 0.1) is 16.7 Å². The van der Waals surface area contributed by atoms with Crippen molar-refractivity contribution in [3.63, 3.8) is 0 Å². The monoisotopic (exact) mass is 890 g/mol. The first kappa shape index (κ1) is 42.2. The van der Waals surface area contributed by atoms with Gasteiger partial charge in [-0.1, -0.05) is 199 Å². The van der Waals surface area contributed by atoms with Gasteiger partial charge in [0.2, 0.25) is 0 Å². The highest BCUT2D eigenvalue weighted by molar-refractivity contribution is 6.14. The van der Waals surface area contributed by atoms with Crippen molar-refractivity contribution in [1.29, 1.82) is 0 Å². The van der Waals surface area contributed by atoms with Gasteiger partial charge in [0.15, 0.2) is 0 Å². The standard InChI is InChI=1S/C66H54N2O/c1-65(2,3)46-39-45(40-47(41-46)66(4,5)6)52-26-16-19-44-20-17-28-56(63(44)52)54-24-11-13-29-58(54)67(49-35-33-43(34-36-49)51-27-18-32-62-64(51)57-25-12-15-31-61(57)69-62)50-37-38-55-53-23-10-14-30-59(53)68(60(55)42-50)48-21-8-7-9-22-48/h7-42H,1-6H3. The summed E-state index contributed by atoms with van der Waals surface area (Å²) in [6.07, 6.45) is 0. The first-order valence-electron chi connectivity index (χ1n) is 24.2. The molecule has 3 nitrogen and oxygen atoms in total. The smallest absolute Gasteiger partial charge is 0.136 e. The van der Waals surface area contributed by atoms with Crippen LogP contribution in [0.1, 0.15) is 52.7 Å². The first-order valence-corrected chi connectivity index (χ1v) is 24.2. The topological polar surface area (TPSA) is 21.3 Å². The number of fused-ring (bicyclic) bond motifs is 7. The lowest BCUT2D eigenvalue weighted by molar-refractivity contribution is 0.569. The molecule has 0 saturated carbocycles. The second kappa shape index (κ2) is 16.3. The molecule has 0 amide bonds. The molecule has 0 bridgehead atoms. The Morgan fingerprint density at radius 3 is 1.68 bits per heavy atom. The van der Waals surface area contributed by atoms with E-state index in [2.05, 4.69) is 263 Å². The third-order valence-electron chi connectivity index (χ3n) is 14.1. The number of aromatic nitrogens is 1. The zero-order valence-electron chi connectivity index (χ0n) is 40.1. The van der Waals surface area contributed by atoms with Gasteiger partial charge in [-0.25, -0.2) is 0 Å². The van der Waals surface area contributed by atoms with Gasteiger partial charge < -0.3 is 13.9 Å². The summed E-state index contributed by atoms with van der Waals surface area (Å²) in [6.45, 7) is 13.9. The maximum atomic E-state index is 6.34. The Hall–Kier alpha value is -8.14. The van der Waals surface area contributed by atoms with E-state index in [-0.39, 0.29) is 10.8 Å². The SMILES string of the molecule is CC(C)(C)c1cc(-c2cccc3cccc(-c4ccccc4N(c4ccc(-c5cccc6oc7ccccc7c56)cc4)c4ccc5c6ccccc6n(-c6ccccc6)c5c4)c23)cc(C(C)(C)C)c1. The summed E-state index contributed by atoms with van der Waals surface area (Å²) in [6, 6.07) is 80.1. The molecule has 69 heavy (non-hydrogen) atoms. The third-order valence-corrected chi connectivity index (χ3v) is 14.1. The Morgan fingerprint density at radius 1 is 0.377 bits per heavy atom. The zero-order valence-corrected chi connectivity index (χ0v) is 40.1. The molecule has 2 heterocycles. The van der Waals surface area contributed by atoms with Crippen LogP contribution in [-0.2, 0) is 10.8 Å². The number of nitrogens with zero attached hydrogens (tertiary/aromatic N) is 2. The number of anilines is 3. The molecule has 0 aliphatic carbocycles. The van der Waals surface area contributed by atoms with E-state index in [0.717, 1.165) is 66.9 Å². The quantitative estimate of drug-likeness (QED) is 0.159. The van der Waals surface area contributed by atoms with Crippen molar-refractivity contribution in [2.24, 2.45) is 0 Å². The van der Waals surface area contributed by atoms with Crippen molar-refractivity contribution in [2.45, 2.75) is 52.4 Å². The van der Waals surface area contributed by atoms with E-state index in [9.17, 15) is 0 Å². The van der Waals surface area contributed by atoms with E-state index >= 15 is 0 Å². The molecule has 12 rings (SSSR count). The molecule has 3 heteroatoms. The minimum Gasteiger partial charge on any atom is -0.456 e. The predicted octanol–water partition coefficient (Wildman–Crippen LogP) is 18.9. The summed E-state index contributed by atoms with van der Waals surface area (Å²) in [5, 5.41) is 7.16. The summed E-state index contributed by atoms with van der Waals surface area (Å²) in [4.78, 5) is 2.46. The lowest BCUT2D eigenvalue weighted by atomic mass is 9.78. The third kappa shape index (κ3) is 7.28. The number of hydrogen-bond acceptors (Lipinski definition) is 2. The molecule has 10 aromatic carbocycles. The van der Waals surface area contributed by atoms with Crippen LogP contribution in [0.25, 0.3) is 93.6 Å². The van der Waals surface area contributed by atoms with Gasteiger partial charge in [0.1, 0.15) is 11.2 Å². The van der Waals surface area contributed by atoms with Gasteiger partial charge in [-0.3, -0.25) is 0 Å². The van der Waals surface area contributed by atoms with Crippen molar-refractivity contribution < 1.29 is 4.42 Å². The Bertz CT molecular complexity index is 3870. The molecule has 2 aromatic heterocycles. The Labute approximate surface area is 404 Å². The van der Waals surface area contributed by atoms with Gasteiger partial charge >= 0.3 is 0 Å². The van der Waals surface area contributed by atoms with Crippen LogP contribution >= 0.6 is 0 Å². The second-order valence-electron chi connectivity index (χ2n) is 20.6. The molecule has 12 aromatic rings. The highest BCUT2D eigenvalue weighted by Crippen LogP contribution is 2.47. The summed E-state index contributed by atoms with van der Waals surface area (Å²) < 4.78 is 8.75. The Kier molecular flexibility index (Phi) is 9.97. The van der Waals surface area contributed by atoms with Crippen LogP contribution < -0.4 is 4.90 Å². The van der Waals surface area contributed by atoms with Gasteiger partial charge in [-0.15, -0.1) is 0 Å². The van der Waals surface area contributed by atoms with E-state index in [0.29, 0.717) is 0 Å². The van der Waals surface area contributed by atoms with E-state index < -0.39 is 0 Å². The summed E-state index contributed by atoms with van der Waals surface area (Å²) >= 11 is 0. The van der Waals surface area contributed by atoms with Crippen molar-refractivity contribution in [2.75, 3.05) is 4.90 Å². The van der Waals surface area contributed by atoms with Crippen LogP contribution in [0, 0.1) is 0 Å². The van der Waals surface area contributed by atoms with Crippen molar-refractivity contribution in [3.05, 3.63) is 230 Å². The van der Waals surface area contributed by atoms with Crippen LogP contribution in [0.5, 0.6) is 0 Å². The number of hydrogen-bond donors (Lipinski definition) is 0. The molecular weight excluding hydrogens is 837 g/mol.